The Kier molecular flexibility index (Phi) is 4.30. The number of rotatable bonds is 5. The van der Waals surface area contributed by atoms with Gasteiger partial charge in [-0.3, -0.25) is 0 Å². The minimum Gasteiger partial charge on any atom is -0.393 e. The van der Waals surface area contributed by atoms with Crippen LogP contribution in [0.4, 0.5) is 11.8 Å². The fourth-order valence-electron chi connectivity index (χ4n) is 3.24. The van der Waals surface area contributed by atoms with E-state index in [1.54, 1.807) is 6.20 Å². The van der Waals surface area contributed by atoms with E-state index in [1.807, 2.05) is 42.2 Å². The third kappa shape index (κ3) is 3.39. The average Bonchev–Trinajstić information content (AvgIpc) is 3.13. The van der Waals surface area contributed by atoms with E-state index in [1.165, 1.54) is 5.56 Å². The van der Waals surface area contributed by atoms with Crippen LogP contribution in [0.5, 0.6) is 0 Å². The topological polar surface area (TPSA) is 93.1 Å². The molecule has 2 heterocycles. The van der Waals surface area contributed by atoms with Gasteiger partial charge in [-0.15, -0.1) is 0 Å². The lowest BCUT2D eigenvalue weighted by Gasteiger charge is -2.31. The number of benzene rings is 1. The number of anilines is 2. The first kappa shape index (κ1) is 16.5. The van der Waals surface area contributed by atoms with Gasteiger partial charge < -0.3 is 15.7 Å². The summed E-state index contributed by atoms with van der Waals surface area (Å²) >= 11 is 0. The number of hydrogen-bond acceptors (Lipinski definition) is 6. The molecular formula is C19H22N6O. The summed E-state index contributed by atoms with van der Waals surface area (Å²) in [6, 6.07) is 12.1. The van der Waals surface area contributed by atoms with Crippen LogP contribution < -0.4 is 10.6 Å². The number of nitrogens with two attached hydrogens (primary N) is 1. The van der Waals surface area contributed by atoms with Crippen molar-refractivity contribution in [1.29, 1.82) is 0 Å². The zero-order valence-corrected chi connectivity index (χ0v) is 14.7. The molecule has 0 atom stereocenters. The van der Waals surface area contributed by atoms with Gasteiger partial charge in [-0.1, -0.05) is 12.1 Å². The van der Waals surface area contributed by atoms with Crippen LogP contribution in [0.2, 0.25) is 0 Å². The summed E-state index contributed by atoms with van der Waals surface area (Å²) in [4.78, 5) is 10.8. The highest BCUT2D eigenvalue weighted by Gasteiger charge is 2.30. The van der Waals surface area contributed by atoms with E-state index in [0.717, 1.165) is 30.0 Å². The predicted molar refractivity (Wildman–Crippen MR) is 100 cm³/mol. The van der Waals surface area contributed by atoms with E-state index in [0.29, 0.717) is 6.54 Å². The smallest absolute Gasteiger partial charge is 0.222 e. The van der Waals surface area contributed by atoms with Crippen LogP contribution in [-0.4, -0.2) is 38.0 Å². The van der Waals surface area contributed by atoms with E-state index in [4.69, 9.17) is 5.73 Å². The number of hydrogen-bond donors (Lipinski definition) is 2. The van der Waals surface area contributed by atoms with E-state index < -0.39 is 0 Å². The maximum atomic E-state index is 9.52. The molecule has 0 radical (unpaired) electrons. The molecule has 0 unspecified atom stereocenters. The number of aliphatic hydroxyl groups is 1. The molecule has 1 saturated carbocycles. The summed E-state index contributed by atoms with van der Waals surface area (Å²) in [5.41, 5.74) is 9.00. The second-order valence-electron chi connectivity index (χ2n) is 6.80. The van der Waals surface area contributed by atoms with Gasteiger partial charge in [0.1, 0.15) is 5.82 Å². The van der Waals surface area contributed by atoms with Crippen molar-refractivity contribution in [3.63, 3.8) is 0 Å². The molecule has 1 fully saturated rings. The summed E-state index contributed by atoms with van der Waals surface area (Å²) in [6.07, 6.45) is 4.96. The molecule has 1 aliphatic rings. The number of aliphatic hydroxyl groups excluding tert-OH is 1. The van der Waals surface area contributed by atoms with Crippen LogP contribution >= 0.6 is 0 Å². The third-order valence-corrected chi connectivity index (χ3v) is 4.80. The van der Waals surface area contributed by atoms with E-state index in [9.17, 15) is 5.11 Å². The summed E-state index contributed by atoms with van der Waals surface area (Å²) in [5.74, 6) is 1.35. The average molecular weight is 350 g/mol. The highest BCUT2D eigenvalue weighted by atomic mass is 16.3. The zero-order valence-electron chi connectivity index (χ0n) is 14.7. The maximum Gasteiger partial charge on any atom is 0.222 e. The molecule has 0 aliphatic heterocycles. The van der Waals surface area contributed by atoms with E-state index in [2.05, 4.69) is 32.1 Å². The van der Waals surface area contributed by atoms with Gasteiger partial charge >= 0.3 is 0 Å². The Morgan fingerprint density at radius 1 is 1.23 bits per heavy atom. The van der Waals surface area contributed by atoms with Crippen molar-refractivity contribution < 1.29 is 5.11 Å². The van der Waals surface area contributed by atoms with Gasteiger partial charge in [-0.05, 0) is 36.6 Å². The van der Waals surface area contributed by atoms with Gasteiger partial charge in [0.15, 0.2) is 0 Å². The quantitative estimate of drug-likeness (QED) is 0.732. The van der Waals surface area contributed by atoms with Gasteiger partial charge in [-0.2, -0.15) is 10.1 Å². The Morgan fingerprint density at radius 3 is 2.65 bits per heavy atom. The molecule has 4 rings (SSSR count). The monoisotopic (exact) mass is 350 g/mol. The van der Waals surface area contributed by atoms with E-state index >= 15 is 0 Å². The molecule has 0 amide bonds. The second-order valence-corrected chi connectivity index (χ2v) is 6.80. The zero-order chi connectivity index (χ0) is 18.1. The van der Waals surface area contributed by atoms with Crippen LogP contribution in [0.3, 0.4) is 0 Å². The van der Waals surface area contributed by atoms with Gasteiger partial charge in [-0.25, -0.2) is 9.67 Å². The van der Waals surface area contributed by atoms with Crippen molar-refractivity contribution in [3.8, 4) is 5.69 Å². The Morgan fingerprint density at radius 2 is 2.00 bits per heavy atom. The van der Waals surface area contributed by atoms with Crippen LogP contribution in [0.25, 0.3) is 5.69 Å². The molecule has 3 aromatic rings. The van der Waals surface area contributed by atoms with Crippen LogP contribution in [0.1, 0.15) is 30.0 Å². The standard InChI is InChI=1S/C19H22N6O/c1-24(12-13-3-5-15(6-4-13)25-8-2-7-21-25)18-11-17(22-19(20)23-18)14-9-16(26)10-14/h2-8,11,14,16,26H,9-10,12H2,1H3,(H2,20,22,23). The Balaban J connectivity index is 1.48. The Labute approximate surface area is 152 Å². The predicted octanol–water partition coefficient (Wildman–Crippen LogP) is 2.12. The highest BCUT2D eigenvalue weighted by molar-refractivity contribution is 5.45. The van der Waals surface area contributed by atoms with Crippen LogP contribution in [0, 0.1) is 0 Å². The fraction of sp³-hybridized carbons (Fsp3) is 0.316. The second kappa shape index (κ2) is 6.76. The molecule has 134 valence electrons. The largest absolute Gasteiger partial charge is 0.393 e. The van der Waals surface area contributed by atoms with Crippen molar-refractivity contribution in [3.05, 3.63) is 60.0 Å². The minimum absolute atomic E-state index is 0.217. The van der Waals surface area contributed by atoms with Gasteiger partial charge in [0.25, 0.3) is 0 Å². The maximum absolute atomic E-state index is 9.52. The van der Waals surface area contributed by atoms with Crippen molar-refractivity contribution in [2.75, 3.05) is 17.7 Å². The molecule has 7 nitrogen and oxygen atoms in total. The van der Waals surface area contributed by atoms with Gasteiger partial charge in [0, 0.05) is 38.0 Å². The Hall–Kier alpha value is -2.93. The first-order valence-corrected chi connectivity index (χ1v) is 8.71. The lowest BCUT2D eigenvalue weighted by molar-refractivity contribution is 0.0732. The summed E-state index contributed by atoms with van der Waals surface area (Å²) < 4.78 is 1.83. The Bertz CT molecular complexity index is 872. The molecule has 3 N–H and O–H groups in total. The summed E-state index contributed by atoms with van der Waals surface area (Å²) in [5, 5.41) is 13.8. The molecule has 1 aromatic carbocycles. The molecule has 0 saturated heterocycles. The molecule has 26 heavy (non-hydrogen) atoms. The molecule has 7 heteroatoms. The normalized spacial score (nSPS) is 19.2. The fourth-order valence-corrected chi connectivity index (χ4v) is 3.24. The minimum atomic E-state index is -0.217. The summed E-state index contributed by atoms with van der Waals surface area (Å²) in [7, 11) is 1.99. The van der Waals surface area contributed by atoms with Crippen molar-refractivity contribution in [2.24, 2.45) is 0 Å². The van der Waals surface area contributed by atoms with Crippen LogP contribution in [-0.2, 0) is 6.54 Å². The number of nitrogens with zero attached hydrogens (tertiary/aromatic N) is 5. The highest BCUT2D eigenvalue weighted by Crippen LogP contribution is 2.36. The molecule has 0 spiro atoms. The van der Waals surface area contributed by atoms with Gasteiger partial charge in [0.05, 0.1) is 17.5 Å². The molecule has 2 aromatic heterocycles. The first-order valence-electron chi connectivity index (χ1n) is 8.71. The number of aromatic nitrogens is 4. The lowest BCUT2D eigenvalue weighted by Crippen LogP contribution is -2.28. The van der Waals surface area contributed by atoms with Crippen LogP contribution in [0.15, 0.2) is 48.8 Å². The number of nitrogen functional groups attached to an aromatic ring is 1. The first-order chi connectivity index (χ1) is 12.6. The molecule has 1 aliphatic carbocycles. The SMILES string of the molecule is CN(Cc1ccc(-n2cccn2)cc1)c1cc(C2CC(O)C2)nc(N)n1. The molecule has 0 bridgehead atoms. The van der Waals surface area contributed by atoms with Gasteiger partial charge in [0.2, 0.25) is 5.95 Å². The van der Waals surface area contributed by atoms with Crippen molar-refractivity contribution in [2.45, 2.75) is 31.4 Å². The van der Waals surface area contributed by atoms with Crippen molar-refractivity contribution >= 4 is 11.8 Å². The summed E-state index contributed by atoms with van der Waals surface area (Å²) in [6.45, 7) is 0.711. The van der Waals surface area contributed by atoms with E-state index in [-0.39, 0.29) is 18.0 Å². The lowest BCUT2D eigenvalue weighted by atomic mass is 9.80. The third-order valence-electron chi connectivity index (χ3n) is 4.80. The molecular weight excluding hydrogens is 328 g/mol. The van der Waals surface area contributed by atoms with Crippen molar-refractivity contribution in [1.82, 2.24) is 19.7 Å².